The van der Waals surface area contributed by atoms with Crippen molar-refractivity contribution in [2.45, 2.75) is 96.8 Å². The highest BCUT2D eigenvalue weighted by molar-refractivity contribution is 5.65. The van der Waals surface area contributed by atoms with E-state index in [-0.39, 0.29) is 5.75 Å². The van der Waals surface area contributed by atoms with Crippen molar-refractivity contribution in [1.82, 2.24) is 0 Å². The van der Waals surface area contributed by atoms with Crippen LogP contribution in [0.15, 0.2) is 36.4 Å². The van der Waals surface area contributed by atoms with E-state index in [9.17, 15) is 8.78 Å². The Hall–Kier alpha value is -1.90. The third-order valence-corrected chi connectivity index (χ3v) is 7.06. The SMILES string of the molecule is CCCCCCCC1CCC(c2ccc(-c3ccc(OCCCC)c(F)c3F)cc2)CC1. The predicted octanol–water partition coefficient (Wildman–Crippen LogP) is 9.44. The molecule has 0 radical (unpaired) electrons. The van der Waals surface area contributed by atoms with Crippen LogP contribution in [0.5, 0.6) is 5.75 Å². The summed E-state index contributed by atoms with van der Waals surface area (Å²) in [5, 5.41) is 0. The maximum Gasteiger partial charge on any atom is 0.201 e. The zero-order chi connectivity index (χ0) is 22.8. The van der Waals surface area contributed by atoms with Gasteiger partial charge in [-0.1, -0.05) is 83.1 Å². The van der Waals surface area contributed by atoms with E-state index in [1.165, 1.54) is 69.8 Å². The molecule has 0 aromatic heterocycles. The predicted molar refractivity (Wildman–Crippen MR) is 130 cm³/mol. The molecule has 0 heterocycles. The minimum atomic E-state index is -0.893. The van der Waals surface area contributed by atoms with Gasteiger partial charge in [0.15, 0.2) is 11.6 Å². The standard InChI is InChI=1S/C29H40F2O/c1-3-5-7-8-9-10-22-11-13-23(14-12-22)24-15-17-25(18-16-24)26-19-20-27(29(31)28(26)30)32-21-6-4-2/h15-20,22-23H,3-14,21H2,1-2H3. The van der Waals surface area contributed by atoms with E-state index in [4.69, 9.17) is 4.74 Å². The summed E-state index contributed by atoms with van der Waals surface area (Å²) in [6.07, 6.45) is 15.1. The molecule has 0 aliphatic heterocycles. The number of rotatable bonds is 12. The molecule has 0 spiro atoms. The first-order valence-electron chi connectivity index (χ1n) is 12.8. The lowest BCUT2D eigenvalue weighted by Crippen LogP contribution is -2.13. The molecule has 2 aromatic rings. The first-order valence-corrected chi connectivity index (χ1v) is 12.8. The topological polar surface area (TPSA) is 9.23 Å². The molecule has 1 nitrogen and oxygen atoms in total. The fourth-order valence-corrected chi connectivity index (χ4v) is 4.95. The highest BCUT2D eigenvalue weighted by Gasteiger charge is 2.22. The van der Waals surface area contributed by atoms with Crippen molar-refractivity contribution < 1.29 is 13.5 Å². The average Bonchev–Trinajstić information content (AvgIpc) is 2.82. The molecule has 2 aromatic carbocycles. The summed E-state index contributed by atoms with van der Waals surface area (Å²) in [5.74, 6) is -0.237. The summed E-state index contributed by atoms with van der Waals surface area (Å²) in [7, 11) is 0. The van der Waals surface area contributed by atoms with Crippen LogP contribution >= 0.6 is 0 Å². The van der Waals surface area contributed by atoms with E-state index in [0.29, 0.717) is 23.7 Å². The lowest BCUT2D eigenvalue weighted by Gasteiger charge is -2.29. The summed E-state index contributed by atoms with van der Waals surface area (Å²) in [5.41, 5.74) is 2.34. The third kappa shape index (κ3) is 6.80. The van der Waals surface area contributed by atoms with Gasteiger partial charge in [0.05, 0.1) is 6.61 Å². The normalized spacial score (nSPS) is 18.6. The Kier molecular flexibility index (Phi) is 10.0. The zero-order valence-electron chi connectivity index (χ0n) is 20.0. The van der Waals surface area contributed by atoms with Crippen LogP contribution in [0, 0.1) is 17.6 Å². The largest absolute Gasteiger partial charge is 0.490 e. The Labute approximate surface area is 193 Å². The Balaban J connectivity index is 1.54. The van der Waals surface area contributed by atoms with Gasteiger partial charge in [-0.05, 0) is 67.2 Å². The van der Waals surface area contributed by atoms with Gasteiger partial charge in [-0.15, -0.1) is 0 Å². The lowest BCUT2D eigenvalue weighted by atomic mass is 9.77. The van der Waals surface area contributed by atoms with Crippen LogP contribution in [0.25, 0.3) is 11.1 Å². The smallest absolute Gasteiger partial charge is 0.201 e. The molecule has 1 aliphatic carbocycles. The quantitative estimate of drug-likeness (QED) is 0.297. The molecule has 32 heavy (non-hydrogen) atoms. The van der Waals surface area contributed by atoms with Crippen LogP contribution in [0.4, 0.5) is 8.78 Å². The van der Waals surface area contributed by atoms with Gasteiger partial charge < -0.3 is 4.74 Å². The van der Waals surface area contributed by atoms with Crippen molar-refractivity contribution in [1.29, 1.82) is 0 Å². The molecule has 0 atom stereocenters. The van der Waals surface area contributed by atoms with Crippen LogP contribution in [-0.2, 0) is 0 Å². The van der Waals surface area contributed by atoms with Crippen molar-refractivity contribution >= 4 is 0 Å². The number of hydrogen-bond acceptors (Lipinski definition) is 1. The van der Waals surface area contributed by atoms with Gasteiger partial charge in [0, 0.05) is 5.56 Å². The van der Waals surface area contributed by atoms with E-state index in [0.717, 1.165) is 18.8 Å². The summed E-state index contributed by atoms with van der Waals surface area (Å²) in [6, 6.07) is 11.2. The molecule has 1 fully saturated rings. The van der Waals surface area contributed by atoms with Gasteiger partial charge in [-0.3, -0.25) is 0 Å². The Bertz CT molecular complexity index is 807. The van der Waals surface area contributed by atoms with Crippen LogP contribution < -0.4 is 4.74 Å². The second-order valence-electron chi connectivity index (χ2n) is 9.48. The van der Waals surface area contributed by atoms with E-state index in [2.05, 4.69) is 19.1 Å². The fraction of sp³-hybridized carbons (Fsp3) is 0.586. The molecule has 176 valence electrons. The van der Waals surface area contributed by atoms with Crippen molar-refractivity contribution in [3.8, 4) is 16.9 Å². The minimum Gasteiger partial charge on any atom is -0.490 e. The monoisotopic (exact) mass is 442 g/mol. The molecule has 3 heteroatoms. The molecule has 0 bridgehead atoms. The van der Waals surface area contributed by atoms with Crippen LogP contribution in [0.2, 0.25) is 0 Å². The maximum absolute atomic E-state index is 14.7. The molecular formula is C29H40F2O. The molecule has 1 saturated carbocycles. The number of ether oxygens (including phenoxy) is 1. The number of benzene rings is 2. The van der Waals surface area contributed by atoms with E-state index < -0.39 is 11.6 Å². The Morgan fingerprint density at radius 2 is 1.44 bits per heavy atom. The van der Waals surface area contributed by atoms with Crippen LogP contribution in [0.1, 0.15) is 102 Å². The van der Waals surface area contributed by atoms with E-state index in [1.54, 1.807) is 12.1 Å². The number of unbranched alkanes of at least 4 members (excludes halogenated alkanes) is 5. The second kappa shape index (κ2) is 13.0. The first-order chi connectivity index (χ1) is 15.6. The van der Waals surface area contributed by atoms with Gasteiger partial charge in [-0.25, -0.2) is 4.39 Å². The maximum atomic E-state index is 14.7. The summed E-state index contributed by atoms with van der Waals surface area (Å²) in [4.78, 5) is 0. The second-order valence-corrected chi connectivity index (χ2v) is 9.48. The van der Waals surface area contributed by atoms with Crippen molar-refractivity contribution in [2.75, 3.05) is 6.61 Å². The zero-order valence-corrected chi connectivity index (χ0v) is 20.0. The fourth-order valence-electron chi connectivity index (χ4n) is 4.95. The van der Waals surface area contributed by atoms with Gasteiger partial charge in [-0.2, -0.15) is 4.39 Å². The Morgan fingerprint density at radius 1 is 0.750 bits per heavy atom. The van der Waals surface area contributed by atoms with Crippen molar-refractivity contribution in [2.24, 2.45) is 5.92 Å². The number of halogens is 2. The van der Waals surface area contributed by atoms with Crippen molar-refractivity contribution in [3.05, 3.63) is 53.6 Å². The molecular weight excluding hydrogens is 402 g/mol. The van der Waals surface area contributed by atoms with E-state index >= 15 is 0 Å². The molecule has 0 N–H and O–H groups in total. The third-order valence-electron chi connectivity index (χ3n) is 7.06. The van der Waals surface area contributed by atoms with Crippen LogP contribution in [-0.4, -0.2) is 6.61 Å². The van der Waals surface area contributed by atoms with Gasteiger partial charge in [0.1, 0.15) is 0 Å². The number of hydrogen-bond donors (Lipinski definition) is 0. The molecule has 0 unspecified atom stereocenters. The summed E-state index contributed by atoms with van der Waals surface area (Å²) < 4.78 is 34.5. The molecule has 0 saturated heterocycles. The van der Waals surface area contributed by atoms with Gasteiger partial charge in [0.25, 0.3) is 0 Å². The molecule has 3 rings (SSSR count). The highest BCUT2D eigenvalue weighted by Crippen LogP contribution is 2.39. The average molecular weight is 443 g/mol. The minimum absolute atomic E-state index is 0.00144. The summed E-state index contributed by atoms with van der Waals surface area (Å²) >= 11 is 0. The van der Waals surface area contributed by atoms with Gasteiger partial charge >= 0.3 is 0 Å². The first kappa shape index (κ1) is 24.7. The summed E-state index contributed by atoms with van der Waals surface area (Å²) in [6.45, 7) is 4.71. The molecule has 1 aliphatic rings. The Morgan fingerprint density at radius 3 is 2.12 bits per heavy atom. The van der Waals surface area contributed by atoms with Crippen LogP contribution in [0.3, 0.4) is 0 Å². The van der Waals surface area contributed by atoms with E-state index in [1.807, 2.05) is 19.1 Å². The lowest BCUT2D eigenvalue weighted by molar-refractivity contribution is 0.289. The highest BCUT2D eigenvalue weighted by atomic mass is 19.2. The molecule has 0 amide bonds. The van der Waals surface area contributed by atoms with Crippen molar-refractivity contribution in [3.63, 3.8) is 0 Å². The van der Waals surface area contributed by atoms with Gasteiger partial charge in [0.2, 0.25) is 5.82 Å².